The summed E-state index contributed by atoms with van der Waals surface area (Å²) in [7, 11) is 0. The highest BCUT2D eigenvalue weighted by atomic mass is 16.5. The zero-order valence-corrected chi connectivity index (χ0v) is 11.1. The van der Waals surface area contributed by atoms with Crippen LogP contribution in [0.25, 0.3) is 0 Å². The largest absolute Gasteiger partial charge is 0.489 e. The van der Waals surface area contributed by atoms with Crippen molar-refractivity contribution in [1.29, 1.82) is 0 Å². The van der Waals surface area contributed by atoms with Gasteiger partial charge in [0.15, 0.2) is 0 Å². The van der Waals surface area contributed by atoms with Gasteiger partial charge < -0.3 is 15.6 Å². The van der Waals surface area contributed by atoms with Crippen LogP contribution in [0.15, 0.2) is 48.5 Å². The third-order valence-electron chi connectivity index (χ3n) is 2.94. The Hall–Kier alpha value is -2.33. The lowest BCUT2D eigenvalue weighted by Crippen LogP contribution is -2.14. The highest BCUT2D eigenvalue weighted by Gasteiger charge is 2.06. The van der Waals surface area contributed by atoms with Gasteiger partial charge in [-0.3, -0.25) is 4.79 Å². The van der Waals surface area contributed by atoms with E-state index >= 15 is 0 Å². The first-order valence-electron chi connectivity index (χ1n) is 6.36. The van der Waals surface area contributed by atoms with Gasteiger partial charge in [0.05, 0.1) is 13.0 Å². The first-order valence-corrected chi connectivity index (χ1v) is 6.36. The standard InChI is InChI=1S/C16H17NO3/c17-16(19)9-14-3-1-2-4-15(14)20-11-13-7-5-12(10-18)6-8-13/h1-8,18H,9-11H2,(H2,17,19). The van der Waals surface area contributed by atoms with Gasteiger partial charge in [-0.15, -0.1) is 0 Å². The number of nitrogens with two attached hydrogens (primary N) is 1. The predicted molar refractivity (Wildman–Crippen MR) is 76.0 cm³/mol. The lowest BCUT2D eigenvalue weighted by Gasteiger charge is -2.10. The second kappa shape index (κ2) is 6.73. The molecule has 4 nitrogen and oxygen atoms in total. The van der Waals surface area contributed by atoms with Crippen LogP contribution in [0.3, 0.4) is 0 Å². The molecule has 0 spiro atoms. The quantitative estimate of drug-likeness (QED) is 0.841. The minimum Gasteiger partial charge on any atom is -0.489 e. The van der Waals surface area contributed by atoms with Gasteiger partial charge in [0.25, 0.3) is 0 Å². The van der Waals surface area contributed by atoms with E-state index in [1.165, 1.54) is 0 Å². The molecule has 0 aliphatic rings. The Bertz CT molecular complexity index is 579. The third-order valence-corrected chi connectivity index (χ3v) is 2.94. The molecule has 0 aliphatic carbocycles. The van der Waals surface area contributed by atoms with Gasteiger partial charge in [0.1, 0.15) is 12.4 Å². The average molecular weight is 271 g/mol. The van der Waals surface area contributed by atoms with Crippen molar-refractivity contribution in [2.75, 3.05) is 0 Å². The van der Waals surface area contributed by atoms with Crippen LogP contribution in [0.5, 0.6) is 5.75 Å². The smallest absolute Gasteiger partial charge is 0.221 e. The number of primary amides is 1. The van der Waals surface area contributed by atoms with Crippen molar-refractivity contribution in [2.24, 2.45) is 5.73 Å². The molecule has 4 heteroatoms. The minimum absolute atomic E-state index is 0.0303. The number of ether oxygens (including phenoxy) is 1. The predicted octanol–water partition coefficient (Wildman–Crippen LogP) is 1.79. The molecule has 0 unspecified atom stereocenters. The fourth-order valence-electron chi connectivity index (χ4n) is 1.88. The van der Waals surface area contributed by atoms with Crippen molar-refractivity contribution in [2.45, 2.75) is 19.6 Å². The molecule has 0 radical (unpaired) electrons. The molecule has 0 saturated carbocycles. The molecule has 20 heavy (non-hydrogen) atoms. The van der Waals surface area contributed by atoms with Crippen molar-refractivity contribution in [3.63, 3.8) is 0 Å². The number of rotatable bonds is 6. The molecule has 0 aliphatic heterocycles. The van der Waals surface area contributed by atoms with Gasteiger partial charge in [0, 0.05) is 5.56 Å². The van der Waals surface area contributed by atoms with Gasteiger partial charge in [-0.25, -0.2) is 0 Å². The molecule has 2 aromatic rings. The van der Waals surface area contributed by atoms with Crippen molar-refractivity contribution < 1.29 is 14.6 Å². The van der Waals surface area contributed by atoms with E-state index < -0.39 is 0 Å². The number of carbonyl (C=O) groups excluding carboxylic acids is 1. The fraction of sp³-hybridized carbons (Fsp3) is 0.188. The van der Waals surface area contributed by atoms with Gasteiger partial charge in [-0.2, -0.15) is 0 Å². The number of aliphatic hydroxyl groups is 1. The molecule has 0 atom stereocenters. The van der Waals surface area contributed by atoms with Gasteiger partial charge in [-0.05, 0) is 17.2 Å². The van der Waals surface area contributed by atoms with E-state index in [0.717, 1.165) is 16.7 Å². The molecule has 0 aromatic heterocycles. The number of para-hydroxylation sites is 1. The van der Waals surface area contributed by atoms with Gasteiger partial charge in [-0.1, -0.05) is 42.5 Å². The molecule has 0 fully saturated rings. The van der Waals surface area contributed by atoms with E-state index in [-0.39, 0.29) is 18.9 Å². The van der Waals surface area contributed by atoms with Crippen LogP contribution >= 0.6 is 0 Å². The molecular formula is C16H17NO3. The maximum Gasteiger partial charge on any atom is 0.221 e. The minimum atomic E-state index is -0.381. The normalized spacial score (nSPS) is 10.2. The Balaban J connectivity index is 2.04. The van der Waals surface area contributed by atoms with Crippen LogP contribution in [-0.2, 0) is 24.4 Å². The number of aliphatic hydroxyl groups excluding tert-OH is 1. The van der Waals surface area contributed by atoms with E-state index in [0.29, 0.717) is 12.4 Å². The topological polar surface area (TPSA) is 72.6 Å². The second-order valence-electron chi connectivity index (χ2n) is 4.51. The fourth-order valence-corrected chi connectivity index (χ4v) is 1.88. The van der Waals surface area contributed by atoms with Crippen molar-refractivity contribution >= 4 is 5.91 Å². The number of carbonyl (C=O) groups is 1. The molecule has 1 amide bonds. The van der Waals surface area contributed by atoms with E-state index in [1.54, 1.807) is 0 Å². The first-order chi connectivity index (χ1) is 9.69. The maximum atomic E-state index is 11.0. The SMILES string of the molecule is NC(=O)Cc1ccccc1OCc1ccc(CO)cc1. The highest BCUT2D eigenvalue weighted by molar-refractivity contribution is 5.77. The molecule has 104 valence electrons. The monoisotopic (exact) mass is 271 g/mol. The number of amides is 1. The summed E-state index contributed by atoms with van der Waals surface area (Å²) in [6.07, 6.45) is 0.166. The number of hydrogen-bond acceptors (Lipinski definition) is 3. The Kier molecular flexibility index (Phi) is 4.74. The number of hydrogen-bond donors (Lipinski definition) is 2. The number of benzene rings is 2. The summed E-state index contributed by atoms with van der Waals surface area (Å²) in [6.45, 7) is 0.435. The van der Waals surface area contributed by atoms with Crippen molar-refractivity contribution in [1.82, 2.24) is 0 Å². The van der Waals surface area contributed by atoms with E-state index in [1.807, 2.05) is 48.5 Å². The van der Waals surface area contributed by atoms with Gasteiger partial charge in [0.2, 0.25) is 5.91 Å². The molecular weight excluding hydrogens is 254 g/mol. The zero-order valence-electron chi connectivity index (χ0n) is 11.1. The lowest BCUT2D eigenvalue weighted by molar-refractivity contribution is -0.117. The van der Waals surface area contributed by atoms with Crippen LogP contribution in [0, 0.1) is 0 Å². The average Bonchev–Trinajstić information content (AvgIpc) is 2.46. The summed E-state index contributed by atoms with van der Waals surface area (Å²) in [5, 5.41) is 8.98. The zero-order chi connectivity index (χ0) is 14.4. The molecule has 0 saturated heterocycles. The summed E-state index contributed by atoms with van der Waals surface area (Å²) in [6, 6.07) is 14.9. The van der Waals surface area contributed by atoms with E-state index in [9.17, 15) is 4.79 Å². The summed E-state index contributed by atoms with van der Waals surface area (Å²) in [5.41, 5.74) is 7.86. The van der Waals surface area contributed by atoms with Crippen molar-refractivity contribution in [3.8, 4) is 5.75 Å². The van der Waals surface area contributed by atoms with Crippen LogP contribution < -0.4 is 10.5 Å². The van der Waals surface area contributed by atoms with E-state index in [4.69, 9.17) is 15.6 Å². The maximum absolute atomic E-state index is 11.0. The summed E-state index contributed by atoms with van der Waals surface area (Å²) >= 11 is 0. The highest BCUT2D eigenvalue weighted by Crippen LogP contribution is 2.20. The summed E-state index contributed by atoms with van der Waals surface area (Å²) in [5.74, 6) is 0.283. The molecule has 0 bridgehead atoms. The van der Waals surface area contributed by atoms with Gasteiger partial charge >= 0.3 is 0 Å². The second-order valence-corrected chi connectivity index (χ2v) is 4.51. The van der Waals surface area contributed by atoms with Crippen LogP contribution in [0.1, 0.15) is 16.7 Å². The molecule has 3 N–H and O–H groups in total. The van der Waals surface area contributed by atoms with Crippen LogP contribution in [0.4, 0.5) is 0 Å². The lowest BCUT2D eigenvalue weighted by atomic mass is 10.1. The Labute approximate surface area is 117 Å². The third kappa shape index (κ3) is 3.83. The Morgan fingerprint density at radius 2 is 1.70 bits per heavy atom. The van der Waals surface area contributed by atoms with Crippen molar-refractivity contribution in [3.05, 3.63) is 65.2 Å². The summed E-state index contributed by atoms with van der Waals surface area (Å²) < 4.78 is 5.73. The molecule has 2 rings (SSSR count). The summed E-state index contributed by atoms with van der Waals surface area (Å²) in [4.78, 5) is 11.0. The van der Waals surface area contributed by atoms with Crippen LogP contribution in [0.2, 0.25) is 0 Å². The van der Waals surface area contributed by atoms with E-state index in [2.05, 4.69) is 0 Å². The first kappa shape index (κ1) is 14.1. The molecule has 2 aromatic carbocycles. The Morgan fingerprint density at radius 3 is 2.35 bits per heavy atom. The Morgan fingerprint density at radius 1 is 1.05 bits per heavy atom. The molecule has 0 heterocycles. The van der Waals surface area contributed by atoms with Crippen LogP contribution in [-0.4, -0.2) is 11.0 Å².